The third-order valence-corrected chi connectivity index (χ3v) is 0.970. The second kappa shape index (κ2) is 2.63. The highest BCUT2D eigenvalue weighted by atomic mass is 16.6. The molecule has 1 saturated carbocycles. The Kier molecular flexibility index (Phi) is 1.82. The molecule has 0 heterocycles. The minimum Gasteiger partial charge on any atom is -0.490 e. The van der Waals surface area contributed by atoms with Crippen molar-refractivity contribution in [3.05, 3.63) is 0 Å². The maximum atomic E-state index is 5.03. The van der Waals surface area contributed by atoms with Gasteiger partial charge < -0.3 is 9.31 Å². The van der Waals surface area contributed by atoms with Gasteiger partial charge in [-0.05, 0) is 12.8 Å². The summed E-state index contributed by atoms with van der Waals surface area (Å²) < 4.78 is 9.52. The molecule has 1 aliphatic rings. The molecule has 0 aromatic heterocycles. The molecule has 1 fully saturated rings. The highest BCUT2D eigenvalue weighted by Crippen LogP contribution is 2.22. The summed E-state index contributed by atoms with van der Waals surface area (Å²) in [5, 5.41) is 0. The van der Waals surface area contributed by atoms with E-state index in [1.807, 2.05) is 6.11 Å². The van der Waals surface area contributed by atoms with Crippen molar-refractivity contribution < 1.29 is 9.31 Å². The second-order valence-electron chi connectivity index (χ2n) is 1.75. The van der Waals surface area contributed by atoms with E-state index < -0.39 is 0 Å². The molecule has 1 rings (SSSR count). The molecule has 0 radical (unpaired) electrons. The Balaban J connectivity index is 1.83. The standard InChI is InChI=1S/C5H7BO2/c1-2-7-6-8-5-3-4-5/h1,5-6H,3-4H2. The van der Waals surface area contributed by atoms with Crippen LogP contribution in [0.5, 0.6) is 0 Å². The van der Waals surface area contributed by atoms with E-state index in [1.54, 1.807) is 0 Å². The second-order valence-corrected chi connectivity index (χ2v) is 1.75. The van der Waals surface area contributed by atoms with Crippen LogP contribution >= 0.6 is 0 Å². The summed E-state index contributed by atoms with van der Waals surface area (Å²) in [6.07, 6.45) is 9.56. The number of rotatable bonds is 3. The smallest absolute Gasteiger partial charge is 0.490 e. The van der Waals surface area contributed by atoms with Gasteiger partial charge in [-0.2, -0.15) is 0 Å². The Labute approximate surface area is 49.5 Å². The minimum atomic E-state index is 0.251. The van der Waals surface area contributed by atoms with Crippen molar-refractivity contribution in [2.24, 2.45) is 0 Å². The van der Waals surface area contributed by atoms with Crippen molar-refractivity contribution in [2.75, 3.05) is 0 Å². The predicted octanol–water partition coefficient (Wildman–Crippen LogP) is 0.0392. The van der Waals surface area contributed by atoms with E-state index in [-0.39, 0.29) is 7.69 Å². The van der Waals surface area contributed by atoms with Crippen LogP contribution in [-0.2, 0) is 9.31 Å². The molecule has 0 aromatic carbocycles. The van der Waals surface area contributed by atoms with Gasteiger partial charge in [-0.25, -0.2) is 0 Å². The third kappa shape index (κ3) is 1.90. The van der Waals surface area contributed by atoms with Crippen molar-refractivity contribution in [3.63, 3.8) is 0 Å². The van der Waals surface area contributed by atoms with Crippen LogP contribution in [0.4, 0.5) is 0 Å². The Hall–Kier alpha value is -0.615. The van der Waals surface area contributed by atoms with E-state index in [9.17, 15) is 0 Å². The highest BCUT2D eigenvalue weighted by molar-refractivity contribution is 6.18. The van der Waals surface area contributed by atoms with Gasteiger partial charge in [0.25, 0.3) is 0 Å². The Morgan fingerprint density at radius 2 is 2.38 bits per heavy atom. The zero-order valence-corrected chi connectivity index (χ0v) is 4.59. The lowest BCUT2D eigenvalue weighted by Gasteiger charge is -1.93. The molecule has 0 saturated heterocycles. The highest BCUT2D eigenvalue weighted by Gasteiger charge is 2.21. The monoisotopic (exact) mass is 110 g/mol. The van der Waals surface area contributed by atoms with Crippen molar-refractivity contribution in [1.29, 1.82) is 0 Å². The number of hydrogen-bond donors (Lipinski definition) is 0. The fourth-order valence-corrected chi connectivity index (χ4v) is 0.399. The molecule has 2 nitrogen and oxygen atoms in total. The zero-order chi connectivity index (χ0) is 5.82. The van der Waals surface area contributed by atoms with Crippen LogP contribution in [0, 0.1) is 12.5 Å². The number of hydrogen-bond acceptors (Lipinski definition) is 2. The molecular formula is C5H7BO2. The van der Waals surface area contributed by atoms with E-state index in [0.717, 1.165) is 12.8 Å². The maximum absolute atomic E-state index is 5.03. The van der Waals surface area contributed by atoms with Gasteiger partial charge in [-0.15, -0.1) is 0 Å². The minimum absolute atomic E-state index is 0.251. The van der Waals surface area contributed by atoms with E-state index >= 15 is 0 Å². The van der Waals surface area contributed by atoms with Gasteiger partial charge in [-0.1, -0.05) is 6.42 Å². The molecule has 3 heteroatoms. The molecule has 0 aromatic rings. The summed E-state index contributed by atoms with van der Waals surface area (Å²) in [5.74, 6) is 0. The van der Waals surface area contributed by atoms with Crippen LogP contribution in [0.15, 0.2) is 0 Å². The lowest BCUT2D eigenvalue weighted by atomic mass is 10.4. The molecule has 0 amide bonds. The van der Waals surface area contributed by atoms with Gasteiger partial charge in [0, 0.05) is 6.10 Å². The molecule has 0 bridgehead atoms. The van der Waals surface area contributed by atoms with Gasteiger partial charge >= 0.3 is 7.69 Å². The fraction of sp³-hybridized carbons (Fsp3) is 0.600. The summed E-state index contributed by atoms with van der Waals surface area (Å²) in [6, 6.07) is 0. The van der Waals surface area contributed by atoms with Gasteiger partial charge in [-0.3, -0.25) is 0 Å². The number of terminal acetylenes is 1. The Morgan fingerprint density at radius 3 is 2.88 bits per heavy atom. The van der Waals surface area contributed by atoms with Crippen molar-refractivity contribution in [2.45, 2.75) is 18.9 Å². The fourth-order valence-electron chi connectivity index (χ4n) is 0.399. The van der Waals surface area contributed by atoms with Crippen LogP contribution in [0.1, 0.15) is 12.8 Å². The largest absolute Gasteiger partial charge is 0.515 e. The van der Waals surface area contributed by atoms with Gasteiger partial charge in [0.15, 0.2) is 0 Å². The lowest BCUT2D eigenvalue weighted by Crippen LogP contribution is -2.01. The molecule has 0 N–H and O–H groups in total. The molecule has 0 unspecified atom stereocenters. The average Bonchev–Trinajstić information content (AvgIpc) is 2.51. The average molecular weight is 110 g/mol. The van der Waals surface area contributed by atoms with Gasteiger partial charge in [0.2, 0.25) is 0 Å². The summed E-state index contributed by atoms with van der Waals surface area (Å²) >= 11 is 0. The Bertz CT molecular complexity index is 103. The van der Waals surface area contributed by atoms with Crippen molar-refractivity contribution in [3.8, 4) is 12.5 Å². The first kappa shape index (κ1) is 5.52. The molecule has 42 valence electrons. The first-order valence-corrected chi connectivity index (χ1v) is 2.62. The maximum Gasteiger partial charge on any atom is 0.515 e. The molecule has 0 spiro atoms. The topological polar surface area (TPSA) is 18.5 Å². The molecule has 8 heavy (non-hydrogen) atoms. The van der Waals surface area contributed by atoms with E-state index in [2.05, 4.69) is 4.65 Å². The quantitative estimate of drug-likeness (QED) is 0.290. The SMILES string of the molecule is C#COBOC1CC1. The van der Waals surface area contributed by atoms with Crippen LogP contribution in [-0.4, -0.2) is 13.8 Å². The van der Waals surface area contributed by atoms with Gasteiger partial charge in [0.1, 0.15) is 0 Å². The molecule has 0 aliphatic heterocycles. The zero-order valence-electron chi connectivity index (χ0n) is 4.59. The van der Waals surface area contributed by atoms with Crippen LogP contribution in [0.25, 0.3) is 0 Å². The van der Waals surface area contributed by atoms with Crippen molar-refractivity contribution >= 4 is 7.69 Å². The summed E-state index contributed by atoms with van der Waals surface area (Å²) in [7, 11) is 0.251. The van der Waals surface area contributed by atoms with E-state index in [0.29, 0.717) is 6.10 Å². The lowest BCUT2D eigenvalue weighted by molar-refractivity contribution is 0.268. The summed E-state index contributed by atoms with van der Waals surface area (Å²) in [6.45, 7) is 0. The Morgan fingerprint density at radius 1 is 1.62 bits per heavy atom. The molecule has 0 atom stereocenters. The first-order valence-electron chi connectivity index (χ1n) is 2.62. The van der Waals surface area contributed by atoms with Gasteiger partial charge in [0.05, 0.1) is 6.11 Å². The molecular weight excluding hydrogens is 103 g/mol. The normalized spacial score (nSPS) is 16.9. The van der Waals surface area contributed by atoms with Crippen molar-refractivity contribution in [1.82, 2.24) is 0 Å². The predicted molar refractivity (Wildman–Crippen MR) is 31.2 cm³/mol. The van der Waals surface area contributed by atoms with Crippen LogP contribution in [0.3, 0.4) is 0 Å². The third-order valence-electron chi connectivity index (χ3n) is 0.970. The summed E-state index contributed by atoms with van der Waals surface area (Å²) in [5.41, 5.74) is 0. The van der Waals surface area contributed by atoms with Crippen LogP contribution in [0.2, 0.25) is 0 Å². The van der Waals surface area contributed by atoms with Crippen LogP contribution < -0.4 is 0 Å². The van der Waals surface area contributed by atoms with E-state index in [4.69, 9.17) is 11.1 Å². The first-order chi connectivity index (χ1) is 3.93. The molecule has 1 aliphatic carbocycles. The summed E-state index contributed by atoms with van der Waals surface area (Å²) in [4.78, 5) is 0. The van der Waals surface area contributed by atoms with E-state index in [1.165, 1.54) is 0 Å².